The van der Waals surface area contributed by atoms with Gasteiger partial charge in [-0.15, -0.1) is 6.42 Å². The number of rotatable bonds is 2. The van der Waals surface area contributed by atoms with Crippen LogP contribution < -0.4 is 5.32 Å². The van der Waals surface area contributed by atoms with Crippen LogP contribution in [0.2, 0.25) is 0 Å². The van der Waals surface area contributed by atoms with Crippen molar-refractivity contribution in [2.75, 3.05) is 0 Å². The first kappa shape index (κ1) is 9.34. The van der Waals surface area contributed by atoms with Gasteiger partial charge in [0.25, 0.3) is 5.91 Å². The molecule has 66 valence electrons. The van der Waals surface area contributed by atoms with E-state index in [9.17, 15) is 4.79 Å². The molecule has 0 aliphatic carbocycles. The van der Waals surface area contributed by atoms with Crippen molar-refractivity contribution >= 4 is 5.91 Å². The number of hydrogen-bond donors (Lipinski definition) is 1. The minimum atomic E-state index is -0.372. The molecule has 0 aliphatic rings. The van der Waals surface area contributed by atoms with Gasteiger partial charge in [0, 0.05) is 6.54 Å². The van der Waals surface area contributed by atoms with Gasteiger partial charge in [-0.25, -0.2) is 0 Å². The normalized spacial score (nSPS) is 8.92. The number of nitrogens with one attached hydrogen (secondary N) is 1. The highest BCUT2D eigenvalue weighted by Gasteiger charge is 1.98. The van der Waals surface area contributed by atoms with Gasteiger partial charge in [0.05, 0.1) is 0 Å². The van der Waals surface area contributed by atoms with Gasteiger partial charge in [0.15, 0.2) is 0 Å². The quantitative estimate of drug-likeness (QED) is 0.670. The highest BCUT2D eigenvalue weighted by atomic mass is 16.1. The molecule has 13 heavy (non-hydrogen) atoms. The van der Waals surface area contributed by atoms with Gasteiger partial charge in [-0.1, -0.05) is 24.3 Å². The Balaban J connectivity index is 2.61. The summed E-state index contributed by atoms with van der Waals surface area (Å²) in [5, 5.41) is 2.61. The first-order chi connectivity index (χ1) is 6.24. The van der Waals surface area contributed by atoms with Crippen LogP contribution in [0.3, 0.4) is 0 Å². The second-order valence-corrected chi connectivity index (χ2v) is 2.75. The molecule has 1 amide bonds. The summed E-state index contributed by atoms with van der Waals surface area (Å²) >= 11 is 0. The number of amides is 1. The van der Waals surface area contributed by atoms with Crippen LogP contribution in [-0.4, -0.2) is 5.91 Å². The molecule has 0 spiro atoms. The monoisotopic (exact) mass is 173 g/mol. The summed E-state index contributed by atoms with van der Waals surface area (Å²) < 4.78 is 0. The molecule has 1 aromatic carbocycles. The van der Waals surface area contributed by atoms with Gasteiger partial charge >= 0.3 is 0 Å². The molecule has 0 heterocycles. The van der Waals surface area contributed by atoms with Crippen molar-refractivity contribution in [1.82, 2.24) is 5.32 Å². The third-order valence-corrected chi connectivity index (χ3v) is 1.83. The smallest absolute Gasteiger partial charge is 0.295 e. The van der Waals surface area contributed by atoms with Crippen molar-refractivity contribution in [2.24, 2.45) is 0 Å². The molecule has 0 saturated carbocycles. The van der Waals surface area contributed by atoms with Crippen LogP contribution in [0.25, 0.3) is 0 Å². The van der Waals surface area contributed by atoms with Crippen molar-refractivity contribution in [3.8, 4) is 12.3 Å². The zero-order chi connectivity index (χ0) is 9.68. The Kier molecular flexibility index (Phi) is 3.10. The van der Waals surface area contributed by atoms with Crippen LogP contribution in [-0.2, 0) is 11.3 Å². The molecule has 0 aromatic heterocycles. The fourth-order valence-corrected chi connectivity index (χ4v) is 1.03. The maximum Gasteiger partial charge on any atom is 0.295 e. The average Bonchev–Trinajstić information content (AvgIpc) is 2.16. The van der Waals surface area contributed by atoms with Crippen molar-refractivity contribution in [1.29, 1.82) is 0 Å². The highest BCUT2D eigenvalue weighted by Crippen LogP contribution is 2.05. The molecular formula is C11H11NO. The predicted octanol–water partition coefficient (Wildman–Crippen LogP) is 1.24. The third-order valence-electron chi connectivity index (χ3n) is 1.83. The standard InChI is InChI=1S/C11H11NO/c1-3-11(13)12-8-10-7-5-4-6-9(10)2/h1,4-7H,8H2,2H3,(H,12,13). The number of terminal acetylenes is 1. The number of aryl methyl sites for hydroxylation is 1. The maximum atomic E-state index is 10.7. The molecule has 1 aromatic rings. The number of carbonyl (C=O) groups is 1. The summed E-state index contributed by atoms with van der Waals surface area (Å²) in [6, 6.07) is 7.86. The summed E-state index contributed by atoms with van der Waals surface area (Å²) in [6.45, 7) is 2.49. The Hall–Kier alpha value is -1.75. The van der Waals surface area contributed by atoms with E-state index in [1.807, 2.05) is 37.1 Å². The van der Waals surface area contributed by atoms with E-state index in [0.717, 1.165) is 11.1 Å². The van der Waals surface area contributed by atoms with Crippen molar-refractivity contribution in [2.45, 2.75) is 13.5 Å². The molecule has 0 unspecified atom stereocenters. The van der Waals surface area contributed by atoms with Crippen LogP contribution in [0.4, 0.5) is 0 Å². The molecule has 2 heteroatoms. The number of benzene rings is 1. The maximum absolute atomic E-state index is 10.7. The highest BCUT2D eigenvalue weighted by molar-refractivity contribution is 5.92. The summed E-state index contributed by atoms with van der Waals surface area (Å²) in [7, 11) is 0. The predicted molar refractivity (Wildman–Crippen MR) is 51.9 cm³/mol. The lowest BCUT2D eigenvalue weighted by molar-refractivity contribution is -0.115. The first-order valence-corrected chi connectivity index (χ1v) is 4.03. The number of carbonyl (C=O) groups excluding carboxylic acids is 1. The molecule has 0 fully saturated rings. The molecule has 1 rings (SSSR count). The third kappa shape index (κ3) is 2.64. The minimum absolute atomic E-state index is 0.372. The lowest BCUT2D eigenvalue weighted by atomic mass is 10.1. The van der Waals surface area contributed by atoms with E-state index >= 15 is 0 Å². The fraction of sp³-hybridized carbons (Fsp3) is 0.182. The number of hydrogen-bond acceptors (Lipinski definition) is 1. The van der Waals surface area contributed by atoms with Gasteiger partial charge in [0.2, 0.25) is 0 Å². The van der Waals surface area contributed by atoms with E-state index in [-0.39, 0.29) is 5.91 Å². The minimum Gasteiger partial charge on any atom is -0.341 e. The van der Waals surface area contributed by atoms with Crippen LogP contribution in [0.5, 0.6) is 0 Å². The van der Waals surface area contributed by atoms with Gasteiger partial charge in [-0.2, -0.15) is 0 Å². The van der Waals surface area contributed by atoms with Crippen molar-refractivity contribution in [3.05, 3.63) is 35.4 Å². The molecule has 0 aliphatic heterocycles. The van der Waals surface area contributed by atoms with Crippen LogP contribution in [0, 0.1) is 19.3 Å². The van der Waals surface area contributed by atoms with Gasteiger partial charge in [-0.3, -0.25) is 4.79 Å². The van der Waals surface area contributed by atoms with Crippen molar-refractivity contribution < 1.29 is 4.79 Å². The topological polar surface area (TPSA) is 29.1 Å². The summed E-state index contributed by atoms with van der Waals surface area (Å²) in [5.74, 6) is 1.63. The van der Waals surface area contributed by atoms with E-state index in [0.29, 0.717) is 6.54 Å². The van der Waals surface area contributed by atoms with E-state index in [1.54, 1.807) is 0 Å². The second-order valence-electron chi connectivity index (χ2n) is 2.75. The van der Waals surface area contributed by atoms with Crippen LogP contribution >= 0.6 is 0 Å². The van der Waals surface area contributed by atoms with E-state index < -0.39 is 0 Å². The largest absolute Gasteiger partial charge is 0.341 e. The summed E-state index contributed by atoms with van der Waals surface area (Å²) in [5.41, 5.74) is 2.24. The zero-order valence-electron chi connectivity index (χ0n) is 7.50. The van der Waals surface area contributed by atoms with Crippen LogP contribution in [0.1, 0.15) is 11.1 Å². The Morgan fingerprint density at radius 2 is 2.23 bits per heavy atom. The molecule has 0 bridgehead atoms. The molecule has 0 radical (unpaired) electrons. The molecule has 0 saturated heterocycles. The van der Waals surface area contributed by atoms with Crippen molar-refractivity contribution in [3.63, 3.8) is 0 Å². The molecule has 1 N–H and O–H groups in total. The van der Waals surface area contributed by atoms with E-state index in [1.165, 1.54) is 0 Å². The van der Waals surface area contributed by atoms with E-state index in [4.69, 9.17) is 6.42 Å². The average molecular weight is 173 g/mol. The lowest BCUT2D eigenvalue weighted by Crippen LogP contribution is -2.20. The Morgan fingerprint density at radius 3 is 2.85 bits per heavy atom. The second kappa shape index (κ2) is 4.32. The van der Waals surface area contributed by atoms with Crippen LogP contribution in [0.15, 0.2) is 24.3 Å². The Bertz CT molecular complexity index is 349. The van der Waals surface area contributed by atoms with Gasteiger partial charge in [-0.05, 0) is 24.0 Å². The van der Waals surface area contributed by atoms with E-state index in [2.05, 4.69) is 5.32 Å². The molecule has 2 nitrogen and oxygen atoms in total. The van der Waals surface area contributed by atoms with Gasteiger partial charge < -0.3 is 5.32 Å². The Labute approximate surface area is 78.0 Å². The van der Waals surface area contributed by atoms with Gasteiger partial charge in [0.1, 0.15) is 0 Å². The molecule has 0 atom stereocenters. The summed E-state index contributed by atoms with van der Waals surface area (Å²) in [6.07, 6.45) is 4.91. The first-order valence-electron chi connectivity index (χ1n) is 4.03. The lowest BCUT2D eigenvalue weighted by Gasteiger charge is -2.04. The fourth-order valence-electron chi connectivity index (χ4n) is 1.03. The SMILES string of the molecule is C#CC(=O)NCc1ccccc1C. The Morgan fingerprint density at radius 1 is 1.54 bits per heavy atom. The molecular weight excluding hydrogens is 162 g/mol. The summed E-state index contributed by atoms with van der Waals surface area (Å²) in [4.78, 5) is 10.7. The zero-order valence-corrected chi connectivity index (χ0v) is 7.50.